The molecule has 0 aliphatic rings. The Morgan fingerprint density at radius 2 is 1.85 bits per heavy atom. The molecule has 0 atom stereocenters. The van der Waals surface area contributed by atoms with Gasteiger partial charge in [-0.05, 0) is 37.0 Å². The van der Waals surface area contributed by atoms with Crippen LogP contribution in [0.25, 0.3) is 0 Å². The quantitative estimate of drug-likeness (QED) is 0.894. The van der Waals surface area contributed by atoms with Gasteiger partial charge in [0.15, 0.2) is 0 Å². The Kier molecular flexibility index (Phi) is 4.17. The molecule has 0 unspecified atom stereocenters. The van der Waals surface area contributed by atoms with Crippen molar-refractivity contribution in [3.8, 4) is 0 Å². The van der Waals surface area contributed by atoms with Gasteiger partial charge < -0.3 is 5.32 Å². The molecule has 2 rings (SSSR count). The second-order valence-electron chi connectivity index (χ2n) is 6.53. The molecule has 20 heavy (non-hydrogen) atoms. The van der Waals surface area contributed by atoms with E-state index in [1.54, 1.807) is 0 Å². The number of benzene rings is 1. The van der Waals surface area contributed by atoms with E-state index in [4.69, 9.17) is 0 Å². The minimum atomic E-state index is 0.140. The monoisotopic (exact) mass is 271 g/mol. The highest BCUT2D eigenvalue weighted by molar-refractivity contribution is 5.54. The zero-order valence-corrected chi connectivity index (χ0v) is 13.1. The third kappa shape index (κ3) is 3.41. The van der Waals surface area contributed by atoms with Crippen molar-refractivity contribution in [3.05, 3.63) is 47.8 Å². The van der Waals surface area contributed by atoms with E-state index >= 15 is 0 Å². The van der Waals surface area contributed by atoms with Gasteiger partial charge >= 0.3 is 0 Å². The van der Waals surface area contributed by atoms with Crippen LogP contribution in [0.5, 0.6) is 0 Å². The van der Waals surface area contributed by atoms with Crippen molar-refractivity contribution in [1.29, 1.82) is 0 Å². The van der Waals surface area contributed by atoms with E-state index in [-0.39, 0.29) is 5.41 Å². The Labute approximate surface area is 122 Å². The van der Waals surface area contributed by atoms with Crippen molar-refractivity contribution >= 4 is 5.69 Å². The van der Waals surface area contributed by atoms with E-state index in [0.717, 1.165) is 12.2 Å². The summed E-state index contributed by atoms with van der Waals surface area (Å²) < 4.78 is 1.99. The highest BCUT2D eigenvalue weighted by atomic mass is 15.3. The average Bonchev–Trinajstić information content (AvgIpc) is 2.84. The van der Waals surface area contributed by atoms with Crippen molar-refractivity contribution < 1.29 is 0 Å². The zero-order chi connectivity index (χ0) is 14.8. The molecule has 0 radical (unpaired) electrons. The third-order valence-electron chi connectivity index (χ3n) is 3.39. The van der Waals surface area contributed by atoms with Crippen LogP contribution in [0.3, 0.4) is 0 Å². The number of rotatable bonds is 4. The van der Waals surface area contributed by atoms with Gasteiger partial charge in [0.05, 0.1) is 12.2 Å². The molecule has 1 N–H and O–H groups in total. The molecule has 2 aromatic rings. The van der Waals surface area contributed by atoms with Gasteiger partial charge in [-0.1, -0.05) is 39.0 Å². The fourth-order valence-electron chi connectivity index (χ4n) is 2.24. The van der Waals surface area contributed by atoms with Gasteiger partial charge in [-0.2, -0.15) is 5.10 Å². The molecule has 3 nitrogen and oxygen atoms in total. The summed E-state index contributed by atoms with van der Waals surface area (Å²) in [6, 6.07) is 11.0. The molecule has 0 amide bonds. The summed E-state index contributed by atoms with van der Waals surface area (Å²) in [6.45, 7) is 11.7. The van der Waals surface area contributed by atoms with E-state index in [0.29, 0.717) is 6.04 Å². The first-order valence-electron chi connectivity index (χ1n) is 7.25. The fourth-order valence-corrected chi connectivity index (χ4v) is 2.24. The molecule has 0 aliphatic heterocycles. The maximum atomic E-state index is 4.57. The van der Waals surface area contributed by atoms with Gasteiger partial charge in [-0.15, -0.1) is 0 Å². The van der Waals surface area contributed by atoms with E-state index in [1.807, 2.05) is 10.9 Å². The average molecular weight is 271 g/mol. The van der Waals surface area contributed by atoms with Crippen molar-refractivity contribution in [1.82, 2.24) is 9.78 Å². The van der Waals surface area contributed by atoms with Crippen LogP contribution in [0.4, 0.5) is 5.69 Å². The third-order valence-corrected chi connectivity index (χ3v) is 3.39. The molecular weight excluding hydrogens is 246 g/mol. The van der Waals surface area contributed by atoms with Crippen LogP contribution in [-0.4, -0.2) is 9.78 Å². The minimum absolute atomic E-state index is 0.140. The SMILES string of the molecule is CC(C)n1ccc(CNc2ccccc2C(C)(C)C)n1. The lowest BCUT2D eigenvalue weighted by Crippen LogP contribution is -2.15. The summed E-state index contributed by atoms with van der Waals surface area (Å²) in [5.41, 5.74) is 3.74. The summed E-state index contributed by atoms with van der Waals surface area (Å²) in [4.78, 5) is 0. The summed E-state index contributed by atoms with van der Waals surface area (Å²) in [5, 5.41) is 8.08. The first-order valence-corrected chi connectivity index (χ1v) is 7.25. The Morgan fingerprint density at radius 3 is 2.45 bits per heavy atom. The molecule has 1 heterocycles. The summed E-state index contributed by atoms with van der Waals surface area (Å²) in [5.74, 6) is 0. The summed E-state index contributed by atoms with van der Waals surface area (Å²) in [7, 11) is 0. The predicted octanol–water partition coefficient (Wildman–Crippen LogP) is 4.37. The molecule has 0 bridgehead atoms. The Balaban J connectivity index is 2.11. The number of aromatic nitrogens is 2. The van der Waals surface area contributed by atoms with Gasteiger partial charge in [0, 0.05) is 17.9 Å². The molecule has 0 aliphatic carbocycles. The molecule has 0 saturated heterocycles. The molecule has 0 fully saturated rings. The number of anilines is 1. The maximum Gasteiger partial charge on any atom is 0.0815 e. The first-order chi connectivity index (χ1) is 9.38. The number of nitrogens with zero attached hydrogens (tertiary/aromatic N) is 2. The van der Waals surface area contributed by atoms with Crippen LogP contribution < -0.4 is 5.32 Å². The van der Waals surface area contributed by atoms with Crippen LogP contribution in [-0.2, 0) is 12.0 Å². The highest BCUT2D eigenvalue weighted by Gasteiger charge is 2.17. The number of nitrogens with one attached hydrogen (secondary N) is 1. The van der Waals surface area contributed by atoms with E-state index < -0.39 is 0 Å². The van der Waals surface area contributed by atoms with Crippen LogP contribution in [0, 0.1) is 0 Å². The van der Waals surface area contributed by atoms with Gasteiger partial charge in [-0.25, -0.2) is 0 Å². The summed E-state index contributed by atoms with van der Waals surface area (Å²) >= 11 is 0. The lowest BCUT2D eigenvalue weighted by molar-refractivity contribution is 0.527. The number of hydrogen-bond acceptors (Lipinski definition) is 2. The van der Waals surface area contributed by atoms with Gasteiger partial charge in [0.1, 0.15) is 0 Å². The van der Waals surface area contributed by atoms with E-state index in [2.05, 4.69) is 75.4 Å². The van der Waals surface area contributed by atoms with E-state index in [1.165, 1.54) is 11.3 Å². The van der Waals surface area contributed by atoms with Gasteiger partial charge in [0.2, 0.25) is 0 Å². The first kappa shape index (κ1) is 14.6. The molecule has 1 aromatic carbocycles. The van der Waals surface area contributed by atoms with Crippen molar-refractivity contribution in [2.75, 3.05) is 5.32 Å². The van der Waals surface area contributed by atoms with Gasteiger partial charge in [-0.3, -0.25) is 4.68 Å². The molecule has 108 valence electrons. The molecular formula is C17H25N3. The van der Waals surface area contributed by atoms with Crippen molar-refractivity contribution in [2.45, 2.75) is 52.6 Å². The lowest BCUT2D eigenvalue weighted by Gasteiger charge is -2.23. The van der Waals surface area contributed by atoms with E-state index in [9.17, 15) is 0 Å². The molecule has 3 heteroatoms. The van der Waals surface area contributed by atoms with Crippen LogP contribution in [0.1, 0.15) is 51.9 Å². The van der Waals surface area contributed by atoms with Crippen LogP contribution in [0.2, 0.25) is 0 Å². The highest BCUT2D eigenvalue weighted by Crippen LogP contribution is 2.29. The molecule has 1 aromatic heterocycles. The second-order valence-corrected chi connectivity index (χ2v) is 6.53. The van der Waals surface area contributed by atoms with Crippen LogP contribution >= 0.6 is 0 Å². The topological polar surface area (TPSA) is 29.9 Å². The number of para-hydroxylation sites is 1. The number of hydrogen-bond donors (Lipinski definition) is 1. The lowest BCUT2D eigenvalue weighted by atomic mass is 9.86. The Hall–Kier alpha value is -1.77. The largest absolute Gasteiger partial charge is 0.379 e. The van der Waals surface area contributed by atoms with Gasteiger partial charge in [0.25, 0.3) is 0 Å². The Morgan fingerprint density at radius 1 is 1.15 bits per heavy atom. The maximum absolute atomic E-state index is 4.57. The normalized spacial score (nSPS) is 11.9. The molecule has 0 saturated carbocycles. The Bertz CT molecular complexity index is 562. The second kappa shape index (κ2) is 5.70. The van der Waals surface area contributed by atoms with Crippen molar-refractivity contribution in [2.24, 2.45) is 0 Å². The minimum Gasteiger partial charge on any atom is -0.379 e. The van der Waals surface area contributed by atoms with Crippen LogP contribution in [0.15, 0.2) is 36.5 Å². The molecule has 0 spiro atoms. The van der Waals surface area contributed by atoms with Crippen molar-refractivity contribution in [3.63, 3.8) is 0 Å². The summed E-state index contributed by atoms with van der Waals surface area (Å²) in [6.07, 6.45) is 2.04. The zero-order valence-electron chi connectivity index (χ0n) is 13.1. The standard InChI is InChI=1S/C17H25N3/c1-13(2)20-11-10-14(19-20)12-18-16-9-7-6-8-15(16)17(3,4)5/h6-11,13,18H,12H2,1-5H3. The fraction of sp³-hybridized carbons (Fsp3) is 0.471. The predicted molar refractivity (Wildman–Crippen MR) is 85.1 cm³/mol. The smallest absolute Gasteiger partial charge is 0.0815 e.